The minimum absolute atomic E-state index is 0.0222. The molecule has 134 valence electrons. The summed E-state index contributed by atoms with van der Waals surface area (Å²) >= 11 is 0. The second-order valence-electron chi connectivity index (χ2n) is 7.55. The predicted octanol–water partition coefficient (Wildman–Crippen LogP) is 2.07. The van der Waals surface area contributed by atoms with Gasteiger partial charge in [-0.05, 0) is 62.2 Å². The first-order chi connectivity index (χ1) is 12.1. The van der Waals surface area contributed by atoms with Crippen LogP contribution in [-0.2, 0) is 11.2 Å². The van der Waals surface area contributed by atoms with Crippen LogP contribution in [-0.4, -0.2) is 42.0 Å². The van der Waals surface area contributed by atoms with E-state index in [1.807, 2.05) is 0 Å². The Hall–Kier alpha value is -1.95. The van der Waals surface area contributed by atoms with Crippen molar-refractivity contribution in [1.29, 1.82) is 0 Å². The van der Waals surface area contributed by atoms with Crippen molar-refractivity contribution >= 4 is 11.9 Å². The average Bonchev–Trinajstić information content (AvgIpc) is 3.41. The lowest BCUT2D eigenvalue weighted by molar-refractivity contribution is -0.133. The van der Waals surface area contributed by atoms with Crippen LogP contribution in [0.3, 0.4) is 0 Å². The van der Waals surface area contributed by atoms with Gasteiger partial charge < -0.3 is 10.6 Å². The molecule has 1 saturated carbocycles. The molecule has 2 aliphatic heterocycles. The molecule has 5 nitrogen and oxygen atoms in total. The lowest BCUT2D eigenvalue weighted by Gasteiger charge is -2.38. The van der Waals surface area contributed by atoms with Crippen LogP contribution in [0.15, 0.2) is 24.3 Å². The summed E-state index contributed by atoms with van der Waals surface area (Å²) in [6.07, 6.45) is 3.97. The molecule has 2 heterocycles. The zero-order valence-corrected chi connectivity index (χ0v) is 14.3. The van der Waals surface area contributed by atoms with Crippen molar-refractivity contribution in [3.05, 3.63) is 35.6 Å². The van der Waals surface area contributed by atoms with E-state index in [4.69, 9.17) is 0 Å². The van der Waals surface area contributed by atoms with Crippen LogP contribution in [0.2, 0.25) is 0 Å². The topological polar surface area (TPSA) is 61.4 Å². The van der Waals surface area contributed by atoms with Crippen molar-refractivity contribution in [3.63, 3.8) is 0 Å². The number of benzene rings is 1. The van der Waals surface area contributed by atoms with E-state index in [9.17, 15) is 14.0 Å². The summed E-state index contributed by atoms with van der Waals surface area (Å²) in [6, 6.07) is 6.23. The SMILES string of the molecule is O=C1NC(Cc2ccccc2F)(C2CCNCC2)C(=O)N1CC1CC1. The maximum atomic E-state index is 14.3. The molecule has 3 aliphatic rings. The number of rotatable bonds is 5. The maximum Gasteiger partial charge on any atom is 0.325 e. The van der Waals surface area contributed by atoms with Crippen LogP contribution in [0.1, 0.15) is 31.2 Å². The van der Waals surface area contributed by atoms with Crippen LogP contribution in [0, 0.1) is 17.7 Å². The molecule has 3 amide bonds. The number of amides is 3. The first-order valence-electron chi connectivity index (χ1n) is 9.18. The second kappa shape index (κ2) is 6.41. The van der Waals surface area contributed by atoms with E-state index in [2.05, 4.69) is 10.6 Å². The van der Waals surface area contributed by atoms with Crippen molar-refractivity contribution in [2.75, 3.05) is 19.6 Å². The Bertz CT molecular complexity index is 685. The molecule has 1 aromatic carbocycles. The molecular formula is C19H24FN3O2. The third kappa shape index (κ3) is 3.03. The van der Waals surface area contributed by atoms with Gasteiger partial charge in [0.25, 0.3) is 5.91 Å². The van der Waals surface area contributed by atoms with Gasteiger partial charge in [-0.2, -0.15) is 0 Å². The molecule has 1 aromatic rings. The van der Waals surface area contributed by atoms with Gasteiger partial charge in [0.1, 0.15) is 11.4 Å². The van der Waals surface area contributed by atoms with Crippen LogP contribution in [0.25, 0.3) is 0 Å². The van der Waals surface area contributed by atoms with E-state index in [0.717, 1.165) is 38.8 Å². The van der Waals surface area contributed by atoms with E-state index < -0.39 is 5.54 Å². The van der Waals surface area contributed by atoms with E-state index in [1.165, 1.54) is 11.0 Å². The summed E-state index contributed by atoms with van der Waals surface area (Å²) in [7, 11) is 0. The molecule has 0 aromatic heterocycles. The van der Waals surface area contributed by atoms with Crippen LogP contribution in [0.5, 0.6) is 0 Å². The quantitative estimate of drug-likeness (QED) is 0.803. The van der Waals surface area contributed by atoms with E-state index >= 15 is 0 Å². The normalized spacial score (nSPS) is 27.6. The summed E-state index contributed by atoms with van der Waals surface area (Å²) in [6.45, 7) is 2.12. The third-order valence-electron chi connectivity index (χ3n) is 5.80. The van der Waals surface area contributed by atoms with Gasteiger partial charge in [0.15, 0.2) is 0 Å². The summed E-state index contributed by atoms with van der Waals surface area (Å²) in [4.78, 5) is 27.3. The highest BCUT2D eigenvalue weighted by atomic mass is 19.1. The maximum absolute atomic E-state index is 14.3. The minimum Gasteiger partial charge on any atom is -0.322 e. The number of halogens is 1. The highest BCUT2D eigenvalue weighted by Crippen LogP contribution is 2.38. The molecule has 1 unspecified atom stereocenters. The van der Waals surface area contributed by atoms with Crippen molar-refractivity contribution < 1.29 is 14.0 Å². The van der Waals surface area contributed by atoms with Gasteiger partial charge in [0.05, 0.1) is 0 Å². The predicted molar refractivity (Wildman–Crippen MR) is 91.4 cm³/mol. The number of hydrogen-bond acceptors (Lipinski definition) is 3. The zero-order chi connectivity index (χ0) is 17.4. The van der Waals surface area contributed by atoms with Gasteiger partial charge in [-0.25, -0.2) is 9.18 Å². The number of nitrogens with zero attached hydrogens (tertiary/aromatic N) is 1. The lowest BCUT2D eigenvalue weighted by atomic mass is 9.74. The smallest absolute Gasteiger partial charge is 0.322 e. The van der Waals surface area contributed by atoms with Crippen molar-refractivity contribution in [2.45, 2.75) is 37.6 Å². The largest absolute Gasteiger partial charge is 0.325 e. The van der Waals surface area contributed by atoms with Crippen LogP contribution >= 0.6 is 0 Å². The second-order valence-corrected chi connectivity index (χ2v) is 7.55. The van der Waals surface area contributed by atoms with Gasteiger partial charge in [-0.3, -0.25) is 9.69 Å². The molecule has 1 aliphatic carbocycles. The molecule has 4 rings (SSSR count). The molecular weight excluding hydrogens is 321 g/mol. The Kier molecular flexibility index (Phi) is 4.23. The van der Waals surface area contributed by atoms with Gasteiger partial charge in [0, 0.05) is 13.0 Å². The first-order valence-corrected chi connectivity index (χ1v) is 9.18. The van der Waals surface area contributed by atoms with Crippen molar-refractivity contribution in [1.82, 2.24) is 15.5 Å². The molecule has 0 radical (unpaired) electrons. The monoisotopic (exact) mass is 345 g/mol. The first kappa shape index (κ1) is 16.5. The van der Waals surface area contributed by atoms with Gasteiger partial charge in [-0.15, -0.1) is 0 Å². The third-order valence-corrected chi connectivity index (χ3v) is 5.80. The Morgan fingerprint density at radius 2 is 1.84 bits per heavy atom. The average molecular weight is 345 g/mol. The van der Waals surface area contributed by atoms with E-state index in [0.29, 0.717) is 18.0 Å². The number of imide groups is 1. The fourth-order valence-corrected chi connectivity index (χ4v) is 4.17. The molecule has 3 fully saturated rings. The van der Waals surface area contributed by atoms with Gasteiger partial charge >= 0.3 is 6.03 Å². The van der Waals surface area contributed by atoms with Crippen molar-refractivity contribution in [2.24, 2.45) is 11.8 Å². The fraction of sp³-hybridized carbons (Fsp3) is 0.579. The highest BCUT2D eigenvalue weighted by molar-refractivity contribution is 6.07. The molecule has 2 saturated heterocycles. The zero-order valence-electron chi connectivity index (χ0n) is 14.3. The van der Waals surface area contributed by atoms with E-state index in [-0.39, 0.29) is 30.1 Å². The Morgan fingerprint density at radius 3 is 2.52 bits per heavy atom. The number of piperidine rings is 1. The van der Waals surface area contributed by atoms with Crippen molar-refractivity contribution in [3.8, 4) is 0 Å². The summed E-state index contributed by atoms with van der Waals surface area (Å²) in [5.41, 5.74) is -0.529. The number of nitrogens with one attached hydrogen (secondary N) is 2. The summed E-state index contributed by atoms with van der Waals surface area (Å²) in [5.74, 6) is -0.0287. The fourth-order valence-electron chi connectivity index (χ4n) is 4.17. The van der Waals surface area contributed by atoms with Crippen LogP contribution in [0.4, 0.5) is 9.18 Å². The summed E-state index contributed by atoms with van der Waals surface area (Å²) in [5, 5.41) is 6.29. The molecule has 25 heavy (non-hydrogen) atoms. The molecule has 0 spiro atoms. The standard InChI is InChI=1S/C19H24FN3O2/c20-16-4-2-1-3-14(16)11-19(15-7-9-21-10-8-15)17(24)23(18(25)22-19)12-13-5-6-13/h1-4,13,15,21H,5-12H2,(H,22,25). The minimum atomic E-state index is -1.02. The Balaban J connectivity index is 1.67. The number of carbonyl (C=O) groups is 2. The van der Waals surface area contributed by atoms with Gasteiger partial charge in [-0.1, -0.05) is 18.2 Å². The number of hydrogen-bond donors (Lipinski definition) is 2. The molecule has 1 atom stereocenters. The molecule has 0 bridgehead atoms. The Morgan fingerprint density at radius 1 is 1.12 bits per heavy atom. The van der Waals surface area contributed by atoms with Gasteiger partial charge in [0.2, 0.25) is 0 Å². The summed E-state index contributed by atoms with van der Waals surface area (Å²) < 4.78 is 14.3. The number of urea groups is 1. The Labute approximate surface area is 147 Å². The van der Waals surface area contributed by atoms with Crippen LogP contribution < -0.4 is 10.6 Å². The highest BCUT2D eigenvalue weighted by Gasteiger charge is 2.56. The molecule has 6 heteroatoms. The number of carbonyl (C=O) groups excluding carboxylic acids is 2. The lowest BCUT2D eigenvalue weighted by Crippen LogP contribution is -2.57. The molecule has 2 N–H and O–H groups in total. The van der Waals surface area contributed by atoms with E-state index in [1.54, 1.807) is 18.2 Å².